The summed E-state index contributed by atoms with van der Waals surface area (Å²) in [4.78, 5) is 13.4. The molecular weight excluding hydrogens is 322 g/mol. The Morgan fingerprint density at radius 1 is 1.08 bits per heavy atom. The van der Waals surface area contributed by atoms with Gasteiger partial charge in [0.2, 0.25) is 0 Å². The Morgan fingerprint density at radius 3 is 2.25 bits per heavy atom. The van der Waals surface area contributed by atoms with Crippen molar-refractivity contribution in [3.63, 3.8) is 0 Å². The van der Waals surface area contributed by atoms with Gasteiger partial charge in [-0.15, -0.1) is 22.0 Å². The fourth-order valence-electron chi connectivity index (χ4n) is 2.37. The van der Waals surface area contributed by atoms with Crippen LogP contribution in [0.25, 0.3) is 0 Å². The summed E-state index contributed by atoms with van der Waals surface area (Å²) in [6.07, 6.45) is 1.62. The van der Waals surface area contributed by atoms with Crippen LogP contribution in [-0.2, 0) is 7.05 Å². The summed E-state index contributed by atoms with van der Waals surface area (Å²) < 4.78 is 1.79. The molecule has 2 rings (SSSR count). The van der Waals surface area contributed by atoms with Crippen molar-refractivity contribution in [2.24, 2.45) is 7.05 Å². The van der Waals surface area contributed by atoms with E-state index < -0.39 is 0 Å². The van der Waals surface area contributed by atoms with Crippen LogP contribution in [0.5, 0.6) is 0 Å². The van der Waals surface area contributed by atoms with E-state index in [0.717, 1.165) is 5.56 Å². The molecule has 130 valence electrons. The van der Waals surface area contributed by atoms with Gasteiger partial charge in [-0.1, -0.05) is 26.0 Å². The second-order valence-electron chi connectivity index (χ2n) is 6.10. The highest BCUT2D eigenvalue weighted by atomic mass is 32.2. The van der Waals surface area contributed by atoms with Gasteiger partial charge in [0.25, 0.3) is 0 Å². The number of aromatic nitrogens is 3. The molecule has 2 atom stereocenters. The molecule has 1 aromatic heterocycles. The van der Waals surface area contributed by atoms with Gasteiger partial charge in [0.05, 0.1) is 12.1 Å². The third-order valence-corrected chi connectivity index (χ3v) is 4.60. The Kier molecular flexibility index (Phi) is 6.25. The lowest BCUT2D eigenvalue weighted by Gasteiger charge is -2.18. The first kappa shape index (κ1) is 18.3. The highest BCUT2D eigenvalue weighted by molar-refractivity contribution is 7.99. The van der Waals surface area contributed by atoms with Gasteiger partial charge in [-0.05, 0) is 31.5 Å². The van der Waals surface area contributed by atoms with Crippen molar-refractivity contribution in [3.05, 3.63) is 42.0 Å². The lowest BCUT2D eigenvalue weighted by atomic mass is 10.1. The number of carbonyl (C=O) groups is 1. The van der Waals surface area contributed by atoms with E-state index in [0.29, 0.717) is 11.1 Å². The number of carbonyl (C=O) groups excluding carboxylic acids is 1. The van der Waals surface area contributed by atoms with Crippen LogP contribution in [0.2, 0.25) is 0 Å². The summed E-state index contributed by atoms with van der Waals surface area (Å²) in [6, 6.07) is 7.79. The molecule has 1 heterocycles. The van der Waals surface area contributed by atoms with Crippen LogP contribution in [0, 0.1) is 0 Å². The summed E-state index contributed by atoms with van der Waals surface area (Å²) in [5.41, 5.74) is 1.07. The van der Waals surface area contributed by atoms with E-state index in [-0.39, 0.29) is 18.1 Å². The summed E-state index contributed by atoms with van der Waals surface area (Å²) >= 11 is 1.83. The number of nitrogens with one attached hydrogen (secondary N) is 2. The minimum atomic E-state index is -0.223. The van der Waals surface area contributed by atoms with Gasteiger partial charge < -0.3 is 15.2 Å². The molecule has 0 spiro atoms. The summed E-state index contributed by atoms with van der Waals surface area (Å²) in [5, 5.41) is 14.2. The van der Waals surface area contributed by atoms with Crippen molar-refractivity contribution in [1.82, 2.24) is 25.4 Å². The molecule has 2 aromatic rings. The van der Waals surface area contributed by atoms with Crippen molar-refractivity contribution in [3.8, 4) is 0 Å². The first-order valence-electron chi connectivity index (χ1n) is 8.04. The predicted octanol–water partition coefficient (Wildman–Crippen LogP) is 3.44. The normalized spacial score (nSPS) is 13.6. The molecule has 0 saturated carbocycles. The van der Waals surface area contributed by atoms with Gasteiger partial charge in [0.1, 0.15) is 6.33 Å². The Balaban J connectivity index is 1.90. The maximum atomic E-state index is 12.2. The van der Waals surface area contributed by atoms with Gasteiger partial charge in [-0.25, -0.2) is 4.79 Å². The number of hydrogen-bond donors (Lipinski definition) is 2. The SMILES string of the molecule is CC(C)Sc1ccc([C@H](C)NC(=O)N[C@@H](C)c2nncn2C)cc1. The average molecular weight is 347 g/mol. The highest BCUT2D eigenvalue weighted by Crippen LogP contribution is 2.24. The van der Waals surface area contributed by atoms with E-state index in [4.69, 9.17) is 0 Å². The molecule has 0 unspecified atom stereocenters. The molecule has 2 amide bonds. The van der Waals surface area contributed by atoms with Gasteiger partial charge in [0, 0.05) is 17.2 Å². The maximum Gasteiger partial charge on any atom is 0.315 e. The highest BCUT2D eigenvalue weighted by Gasteiger charge is 2.16. The number of aryl methyl sites for hydroxylation is 1. The maximum absolute atomic E-state index is 12.2. The van der Waals surface area contributed by atoms with Crippen molar-refractivity contribution < 1.29 is 4.79 Å². The fraction of sp³-hybridized carbons (Fsp3) is 0.471. The zero-order chi connectivity index (χ0) is 17.7. The van der Waals surface area contributed by atoms with Crippen LogP contribution in [0.4, 0.5) is 4.79 Å². The zero-order valence-corrected chi connectivity index (χ0v) is 15.6. The minimum absolute atomic E-state index is 0.0743. The van der Waals surface area contributed by atoms with Gasteiger partial charge in [-0.2, -0.15) is 0 Å². The molecule has 0 aliphatic rings. The summed E-state index contributed by atoms with van der Waals surface area (Å²) in [5.74, 6) is 0.716. The number of nitrogens with zero attached hydrogens (tertiary/aromatic N) is 3. The monoisotopic (exact) mass is 347 g/mol. The number of thioether (sulfide) groups is 1. The van der Waals surface area contributed by atoms with Crippen LogP contribution in [0.1, 0.15) is 51.2 Å². The molecule has 7 heteroatoms. The Labute approximate surface area is 147 Å². The smallest absolute Gasteiger partial charge is 0.315 e. The van der Waals surface area contributed by atoms with E-state index >= 15 is 0 Å². The van der Waals surface area contributed by atoms with Gasteiger partial charge >= 0.3 is 6.03 Å². The van der Waals surface area contributed by atoms with Gasteiger partial charge in [-0.3, -0.25) is 0 Å². The van der Waals surface area contributed by atoms with Crippen LogP contribution < -0.4 is 10.6 Å². The van der Waals surface area contributed by atoms with Crippen molar-refractivity contribution in [2.75, 3.05) is 0 Å². The zero-order valence-electron chi connectivity index (χ0n) is 14.8. The first-order chi connectivity index (χ1) is 11.4. The molecule has 0 bridgehead atoms. The van der Waals surface area contributed by atoms with Crippen LogP contribution in [-0.4, -0.2) is 26.0 Å². The standard InChI is InChI=1S/C17H25N5OS/c1-11(2)24-15-8-6-14(7-9-15)12(3)19-17(23)20-13(4)16-21-18-10-22(16)5/h6-13H,1-5H3,(H2,19,20,23)/t12-,13-/m0/s1. The van der Waals surface area contributed by atoms with Crippen LogP contribution in [0.15, 0.2) is 35.5 Å². The lowest BCUT2D eigenvalue weighted by molar-refractivity contribution is 0.234. The first-order valence-corrected chi connectivity index (χ1v) is 8.92. The van der Waals surface area contributed by atoms with Crippen molar-refractivity contribution in [1.29, 1.82) is 0 Å². The summed E-state index contributed by atoms with van der Waals surface area (Å²) in [6.45, 7) is 8.19. The van der Waals surface area contributed by atoms with Crippen molar-refractivity contribution in [2.45, 2.75) is 49.9 Å². The number of hydrogen-bond acceptors (Lipinski definition) is 4. The third-order valence-electron chi connectivity index (χ3n) is 3.58. The number of benzene rings is 1. The molecule has 1 aromatic carbocycles. The largest absolute Gasteiger partial charge is 0.332 e. The topological polar surface area (TPSA) is 71.8 Å². The van der Waals surface area contributed by atoms with E-state index in [2.05, 4.69) is 58.9 Å². The molecule has 24 heavy (non-hydrogen) atoms. The second kappa shape index (κ2) is 8.19. The Bertz CT molecular complexity index is 668. The Morgan fingerprint density at radius 2 is 1.71 bits per heavy atom. The number of amides is 2. The number of rotatable bonds is 6. The van der Waals surface area contributed by atoms with Crippen LogP contribution >= 0.6 is 11.8 Å². The van der Waals surface area contributed by atoms with E-state index in [1.807, 2.05) is 32.7 Å². The molecule has 0 radical (unpaired) electrons. The van der Waals surface area contributed by atoms with Crippen molar-refractivity contribution >= 4 is 17.8 Å². The van der Waals surface area contributed by atoms with E-state index in [9.17, 15) is 4.79 Å². The fourth-order valence-corrected chi connectivity index (χ4v) is 3.21. The van der Waals surface area contributed by atoms with Gasteiger partial charge in [0.15, 0.2) is 5.82 Å². The quantitative estimate of drug-likeness (QED) is 0.785. The summed E-state index contributed by atoms with van der Waals surface area (Å²) in [7, 11) is 1.85. The van der Waals surface area contributed by atoms with E-state index in [1.54, 1.807) is 10.9 Å². The number of urea groups is 1. The predicted molar refractivity (Wildman–Crippen MR) is 96.9 cm³/mol. The molecule has 0 aliphatic carbocycles. The molecule has 2 N–H and O–H groups in total. The molecule has 0 aliphatic heterocycles. The minimum Gasteiger partial charge on any atom is -0.332 e. The lowest BCUT2D eigenvalue weighted by Crippen LogP contribution is -2.39. The molecule has 6 nitrogen and oxygen atoms in total. The molecule has 0 saturated heterocycles. The molecule has 0 fully saturated rings. The third kappa shape index (κ3) is 4.99. The Hall–Kier alpha value is -2.02. The average Bonchev–Trinajstić information content (AvgIpc) is 2.93. The molecular formula is C17H25N5OS. The van der Waals surface area contributed by atoms with E-state index in [1.165, 1.54) is 4.90 Å². The second-order valence-corrected chi connectivity index (χ2v) is 7.75. The van der Waals surface area contributed by atoms with Crippen LogP contribution in [0.3, 0.4) is 0 Å².